The van der Waals surface area contributed by atoms with E-state index in [1.165, 1.54) is 27.8 Å². The summed E-state index contributed by atoms with van der Waals surface area (Å²) >= 11 is 1.40. The highest BCUT2D eigenvalue weighted by atomic mass is 32.2. The van der Waals surface area contributed by atoms with E-state index in [4.69, 9.17) is 0 Å². The van der Waals surface area contributed by atoms with E-state index < -0.39 is 10.0 Å². The van der Waals surface area contributed by atoms with E-state index in [2.05, 4.69) is 10.3 Å². The highest BCUT2D eigenvalue weighted by Gasteiger charge is 2.23. The number of amides is 1. The van der Waals surface area contributed by atoms with Crippen molar-refractivity contribution in [3.63, 3.8) is 0 Å². The van der Waals surface area contributed by atoms with Gasteiger partial charge in [0.05, 0.1) is 4.90 Å². The smallest absolute Gasteiger partial charge is 0.275 e. The molecule has 2 aromatic carbocycles. The maximum atomic E-state index is 12.5. The van der Waals surface area contributed by atoms with Crippen molar-refractivity contribution in [2.75, 3.05) is 12.4 Å². The first kappa shape index (κ1) is 20.2. The summed E-state index contributed by atoms with van der Waals surface area (Å²) in [5, 5.41) is 5.22. The number of hydrogen-bond acceptors (Lipinski definition) is 5. The molecule has 1 aromatic heterocycles. The number of thiazole rings is 1. The van der Waals surface area contributed by atoms with Crippen molar-refractivity contribution < 1.29 is 13.2 Å². The Labute approximate surface area is 168 Å². The van der Waals surface area contributed by atoms with Gasteiger partial charge in [-0.2, -0.15) is 4.31 Å². The first-order chi connectivity index (χ1) is 13.3. The number of sulfonamides is 1. The van der Waals surface area contributed by atoms with Crippen LogP contribution in [0.5, 0.6) is 0 Å². The van der Waals surface area contributed by atoms with Crippen LogP contribution in [0.15, 0.2) is 64.9 Å². The van der Waals surface area contributed by atoms with Crippen LogP contribution in [0.1, 0.15) is 24.3 Å². The van der Waals surface area contributed by atoms with E-state index >= 15 is 0 Å². The summed E-state index contributed by atoms with van der Waals surface area (Å²) in [5.41, 5.74) is 1.78. The van der Waals surface area contributed by atoms with Crippen molar-refractivity contribution in [2.45, 2.75) is 24.8 Å². The fourth-order valence-corrected chi connectivity index (χ4v) is 4.61. The monoisotopic (exact) mass is 415 g/mol. The molecule has 8 heteroatoms. The maximum absolute atomic E-state index is 12.5. The van der Waals surface area contributed by atoms with E-state index in [1.807, 2.05) is 44.2 Å². The zero-order valence-corrected chi connectivity index (χ0v) is 17.4. The zero-order chi connectivity index (χ0) is 20.3. The lowest BCUT2D eigenvalue weighted by atomic mass is 10.2. The van der Waals surface area contributed by atoms with Crippen LogP contribution in [0.25, 0.3) is 10.6 Å². The molecule has 0 fully saturated rings. The molecular weight excluding hydrogens is 394 g/mol. The summed E-state index contributed by atoms with van der Waals surface area (Å²) in [4.78, 5) is 17.0. The van der Waals surface area contributed by atoms with Crippen LogP contribution in [0.2, 0.25) is 0 Å². The number of aromatic nitrogens is 1. The van der Waals surface area contributed by atoms with Gasteiger partial charge in [-0.1, -0.05) is 30.3 Å². The molecular formula is C20H21N3O3S2. The molecule has 0 aliphatic rings. The normalized spacial score (nSPS) is 11.8. The molecule has 0 radical (unpaired) electrons. The van der Waals surface area contributed by atoms with Crippen molar-refractivity contribution >= 4 is 33.0 Å². The van der Waals surface area contributed by atoms with Gasteiger partial charge in [0.2, 0.25) is 10.0 Å². The van der Waals surface area contributed by atoms with Gasteiger partial charge < -0.3 is 5.32 Å². The Morgan fingerprint density at radius 2 is 1.71 bits per heavy atom. The molecule has 146 valence electrons. The minimum atomic E-state index is -3.55. The molecule has 0 saturated heterocycles. The minimum absolute atomic E-state index is 0.146. The Morgan fingerprint density at radius 3 is 2.32 bits per heavy atom. The van der Waals surface area contributed by atoms with Crippen LogP contribution < -0.4 is 5.32 Å². The third-order valence-electron chi connectivity index (χ3n) is 4.27. The number of carbonyl (C=O) groups excluding carboxylic acids is 1. The molecule has 1 amide bonds. The largest absolute Gasteiger partial charge is 0.321 e. The summed E-state index contributed by atoms with van der Waals surface area (Å²) < 4.78 is 26.3. The maximum Gasteiger partial charge on any atom is 0.275 e. The van der Waals surface area contributed by atoms with Crippen LogP contribution in [-0.2, 0) is 10.0 Å². The van der Waals surface area contributed by atoms with Gasteiger partial charge >= 0.3 is 0 Å². The summed E-state index contributed by atoms with van der Waals surface area (Å²) in [5.74, 6) is -0.340. The average molecular weight is 416 g/mol. The van der Waals surface area contributed by atoms with Crippen LogP contribution in [0.3, 0.4) is 0 Å². The van der Waals surface area contributed by atoms with Gasteiger partial charge in [-0.25, -0.2) is 13.4 Å². The second-order valence-corrected chi connectivity index (χ2v) is 9.35. The summed E-state index contributed by atoms with van der Waals surface area (Å²) in [7, 11) is -2.01. The minimum Gasteiger partial charge on any atom is -0.321 e. The Bertz CT molecular complexity index is 1060. The first-order valence-corrected chi connectivity index (χ1v) is 11.0. The Balaban J connectivity index is 1.73. The number of carbonyl (C=O) groups is 1. The predicted molar refractivity (Wildman–Crippen MR) is 112 cm³/mol. The topological polar surface area (TPSA) is 79.4 Å². The van der Waals surface area contributed by atoms with Gasteiger partial charge in [0.15, 0.2) is 0 Å². The average Bonchev–Trinajstić information content (AvgIpc) is 3.19. The number of hydrogen-bond donors (Lipinski definition) is 1. The standard InChI is InChI=1S/C20H21N3O3S2/c1-14(2)23(3)28(25,26)17-11-9-16(10-12-17)21-19(24)18-13-27-20(22-18)15-7-5-4-6-8-15/h4-14H,1-3H3,(H,21,24). The number of rotatable bonds is 6. The van der Waals surface area contributed by atoms with E-state index in [-0.39, 0.29) is 16.8 Å². The van der Waals surface area contributed by atoms with E-state index in [0.29, 0.717) is 11.4 Å². The predicted octanol–water partition coefficient (Wildman–Crippen LogP) is 4.09. The van der Waals surface area contributed by atoms with Crippen molar-refractivity contribution in [1.82, 2.24) is 9.29 Å². The van der Waals surface area contributed by atoms with E-state index in [9.17, 15) is 13.2 Å². The molecule has 1 heterocycles. The SMILES string of the molecule is CC(C)N(C)S(=O)(=O)c1ccc(NC(=O)c2csc(-c3ccccc3)n2)cc1. The Hall–Kier alpha value is -2.55. The lowest BCUT2D eigenvalue weighted by Gasteiger charge is -2.21. The number of benzene rings is 2. The number of anilines is 1. The van der Waals surface area contributed by atoms with Gasteiger partial charge in [0.25, 0.3) is 5.91 Å². The second kappa shape index (κ2) is 8.22. The molecule has 28 heavy (non-hydrogen) atoms. The summed E-state index contributed by atoms with van der Waals surface area (Å²) in [6.45, 7) is 3.62. The molecule has 0 atom stereocenters. The highest BCUT2D eigenvalue weighted by molar-refractivity contribution is 7.89. The van der Waals surface area contributed by atoms with E-state index in [0.717, 1.165) is 10.6 Å². The molecule has 0 unspecified atom stereocenters. The number of nitrogens with one attached hydrogen (secondary N) is 1. The lowest BCUT2D eigenvalue weighted by Crippen LogP contribution is -2.33. The van der Waals surface area contributed by atoms with Gasteiger partial charge in [-0.05, 0) is 38.1 Å². The van der Waals surface area contributed by atoms with Gasteiger partial charge in [0, 0.05) is 29.7 Å². The van der Waals surface area contributed by atoms with Crippen molar-refractivity contribution in [3.8, 4) is 10.6 Å². The third-order valence-corrected chi connectivity index (χ3v) is 7.21. The van der Waals surface area contributed by atoms with Gasteiger partial charge in [-0.15, -0.1) is 11.3 Å². The second-order valence-electron chi connectivity index (χ2n) is 6.50. The molecule has 0 bridgehead atoms. The van der Waals surface area contributed by atoms with Crippen LogP contribution in [-0.4, -0.2) is 36.7 Å². The molecule has 3 rings (SSSR count). The molecule has 0 aliphatic carbocycles. The molecule has 0 spiro atoms. The quantitative estimate of drug-likeness (QED) is 0.658. The third kappa shape index (κ3) is 4.30. The number of nitrogens with zero attached hydrogens (tertiary/aromatic N) is 2. The molecule has 0 saturated carbocycles. The molecule has 6 nitrogen and oxygen atoms in total. The van der Waals surface area contributed by atoms with Crippen LogP contribution >= 0.6 is 11.3 Å². The van der Waals surface area contributed by atoms with Gasteiger partial charge in [0.1, 0.15) is 10.7 Å². The zero-order valence-electron chi connectivity index (χ0n) is 15.8. The Kier molecular flexibility index (Phi) is 5.93. The first-order valence-electron chi connectivity index (χ1n) is 8.69. The Morgan fingerprint density at radius 1 is 1.07 bits per heavy atom. The summed E-state index contributed by atoms with van der Waals surface area (Å²) in [6, 6.07) is 15.6. The van der Waals surface area contributed by atoms with Crippen LogP contribution in [0, 0.1) is 0 Å². The van der Waals surface area contributed by atoms with Crippen molar-refractivity contribution in [1.29, 1.82) is 0 Å². The fraction of sp³-hybridized carbons (Fsp3) is 0.200. The van der Waals surface area contributed by atoms with E-state index in [1.54, 1.807) is 24.6 Å². The molecule has 3 aromatic rings. The lowest BCUT2D eigenvalue weighted by molar-refractivity contribution is 0.102. The molecule has 1 N–H and O–H groups in total. The van der Waals surface area contributed by atoms with Crippen LogP contribution in [0.4, 0.5) is 5.69 Å². The fourth-order valence-electron chi connectivity index (χ4n) is 2.44. The highest BCUT2D eigenvalue weighted by Crippen LogP contribution is 2.24. The molecule has 0 aliphatic heterocycles. The van der Waals surface area contributed by atoms with Gasteiger partial charge in [-0.3, -0.25) is 4.79 Å². The van der Waals surface area contributed by atoms with Crippen molar-refractivity contribution in [3.05, 3.63) is 65.7 Å². The van der Waals surface area contributed by atoms with Crippen molar-refractivity contribution in [2.24, 2.45) is 0 Å². The summed E-state index contributed by atoms with van der Waals surface area (Å²) in [6.07, 6.45) is 0.